The van der Waals surface area contributed by atoms with E-state index in [0.717, 1.165) is 11.3 Å². The lowest BCUT2D eigenvalue weighted by Gasteiger charge is -2.11. The van der Waals surface area contributed by atoms with E-state index in [-0.39, 0.29) is 16.6 Å². The van der Waals surface area contributed by atoms with Crippen LogP contribution in [0.1, 0.15) is 35.5 Å². The molecule has 2 aromatic carbocycles. The Kier molecular flexibility index (Phi) is 7.65. The summed E-state index contributed by atoms with van der Waals surface area (Å²) in [6, 6.07) is 13.5. The number of sulfonamides is 1. The van der Waals surface area contributed by atoms with Gasteiger partial charge in [0.25, 0.3) is 10.0 Å². The summed E-state index contributed by atoms with van der Waals surface area (Å²) in [6.07, 6.45) is 0.853. The molecule has 1 aromatic heterocycles. The normalized spacial score (nSPS) is 11.2. The molecular weight excluding hydrogens is 440 g/mol. The Labute approximate surface area is 194 Å². The highest BCUT2D eigenvalue weighted by Crippen LogP contribution is 2.20. The van der Waals surface area contributed by atoms with Gasteiger partial charge in [0.15, 0.2) is 0 Å². The first kappa shape index (κ1) is 24.2. The van der Waals surface area contributed by atoms with Crippen molar-refractivity contribution in [2.75, 3.05) is 16.6 Å². The molecule has 0 aliphatic heterocycles. The van der Waals surface area contributed by atoms with Gasteiger partial charge in [-0.15, -0.1) is 0 Å². The third kappa shape index (κ3) is 7.01. The average Bonchev–Trinajstić information content (AvgIpc) is 2.72. The minimum Gasteiger partial charge on any atom is -0.493 e. The predicted octanol–water partition coefficient (Wildman–Crippen LogP) is 4.31. The summed E-state index contributed by atoms with van der Waals surface area (Å²) >= 11 is 0. The summed E-state index contributed by atoms with van der Waals surface area (Å²) in [7, 11) is -3.81. The zero-order valence-corrected chi connectivity index (χ0v) is 20.0. The van der Waals surface area contributed by atoms with Gasteiger partial charge in [-0.25, -0.2) is 18.4 Å². The Hall–Kier alpha value is -3.46. The first-order chi connectivity index (χ1) is 15.6. The van der Waals surface area contributed by atoms with Crippen LogP contribution in [0.2, 0.25) is 0 Å². The van der Waals surface area contributed by atoms with Gasteiger partial charge < -0.3 is 10.1 Å². The topological polar surface area (TPSA) is 110 Å². The fraction of sp³-hybridized carbons (Fsp3) is 0.292. The number of benzene rings is 2. The molecule has 33 heavy (non-hydrogen) atoms. The molecule has 0 fully saturated rings. The molecule has 0 unspecified atom stereocenters. The van der Waals surface area contributed by atoms with Crippen molar-refractivity contribution in [1.29, 1.82) is 0 Å². The van der Waals surface area contributed by atoms with Crippen LogP contribution in [-0.4, -0.2) is 30.9 Å². The van der Waals surface area contributed by atoms with E-state index >= 15 is 0 Å². The summed E-state index contributed by atoms with van der Waals surface area (Å²) in [5.41, 5.74) is 3.42. The van der Waals surface area contributed by atoms with Crippen LogP contribution in [0, 0.1) is 27.7 Å². The fourth-order valence-electron chi connectivity index (χ4n) is 3.28. The Bertz CT molecular complexity index is 1220. The number of ether oxygens (including phenoxy) is 1. The number of aryl methyl sites for hydroxylation is 4. The quantitative estimate of drug-likeness (QED) is 0.453. The van der Waals surface area contributed by atoms with Crippen molar-refractivity contribution in [2.45, 2.75) is 45.4 Å². The van der Waals surface area contributed by atoms with Crippen molar-refractivity contribution in [2.24, 2.45) is 0 Å². The van der Waals surface area contributed by atoms with Crippen LogP contribution in [0.15, 0.2) is 53.4 Å². The lowest BCUT2D eigenvalue weighted by molar-refractivity contribution is -0.116. The Balaban J connectivity index is 1.50. The summed E-state index contributed by atoms with van der Waals surface area (Å²) < 4.78 is 33.4. The van der Waals surface area contributed by atoms with E-state index in [1.54, 1.807) is 32.0 Å². The van der Waals surface area contributed by atoms with Gasteiger partial charge in [-0.05, 0) is 70.0 Å². The predicted molar refractivity (Wildman–Crippen MR) is 128 cm³/mol. The summed E-state index contributed by atoms with van der Waals surface area (Å²) in [6.45, 7) is 7.91. The van der Waals surface area contributed by atoms with Gasteiger partial charge in [-0.2, -0.15) is 0 Å². The van der Waals surface area contributed by atoms with Gasteiger partial charge >= 0.3 is 0 Å². The van der Waals surface area contributed by atoms with E-state index in [9.17, 15) is 13.2 Å². The van der Waals surface area contributed by atoms with Gasteiger partial charge in [-0.3, -0.25) is 9.52 Å². The van der Waals surface area contributed by atoms with Crippen molar-refractivity contribution in [3.8, 4) is 5.75 Å². The lowest BCUT2D eigenvalue weighted by atomic mass is 10.1. The zero-order chi connectivity index (χ0) is 24.0. The van der Waals surface area contributed by atoms with Crippen LogP contribution in [0.5, 0.6) is 5.75 Å². The number of carbonyl (C=O) groups excluding carboxylic acids is 1. The molecule has 0 saturated carbocycles. The third-order valence-corrected chi connectivity index (χ3v) is 6.16. The number of hydrogen-bond donors (Lipinski definition) is 2. The summed E-state index contributed by atoms with van der Waals surface area (Å²) in [5.74, 6) is 1.34. The van der Waals surface area contributed by atoms with Gasteiger partial charge in [0, 0.05) is 23.9 Å². The number of rotatable bonds is 9. The smallest absolute Gasteiger partial charge is 0.263 e. The second kappa shape index (κ2) is 10.4. The molecule has 0 bridgehead atoms. The molecule has 3 aromatic rings. The first-order valence-electron chi connectivity index (χ1n) is 10.6. The highest BCUT2D eigenvalue weighted by atomic mass is 32.2. The van der Waals surface area contributed by atoms with Crippen LogP contribution in [-0.2, 0) is 14.8 Å². The average molecular weight is 469 g/mol. The Morgan fingerprint density at radius 1 is 0.970 bits per heavy atom. The molecule has 1 heterocycles. The highest BCUT2D eigenvalue weighted by Gasteiger charge is 2.16. The largest absolute Gasteiger partial charge is 0.493 e. The second-order valence-electron chi connectivity index (χ2n) is 7.84. The molecule has 0 saturated heterocycles. The van der Waals surface area contributed by atoms with Crippen molar-refractivity contribution >= 4 is 27.4 Å². The molecule has 9 heteroatoms. The molecule has 0 spiro atoms. The van der Waals surface area contributed by atoms with Crippen LogP contribution in [0.4, 0.5) is 11.5 Å². The molecule has 2 N–H and O–H groups in total. The Morgan fingerprint density at radius 3 is 2.36 bits per heavy atom. The van der Waals surface area contributed by atoms with Crippen molar-refractivity contribution in [1.82, 2.24) is 9.97 Å². The van der Waals surface area contributed by atoms with Gasteiger partial charge in [-0.1, -0.05) is 17.7 Å². The van der Waals surface area contributed by atoms with E-state index in [0.29, 0.717) is 36.7 Å². The van der Waals surface area contributed by atoms with E-state index in [1.807, 2.05) is 26.0 Å². The maximum atomic E-state index is 12.6. The monoisotopic (exact) mass is 468 g/mol. The van der Waals surface area contributed by atoms with Crippen molar-refractivity contribution < 1.29 is 17.9 Å². The highest BCUT2D eigenvalue weighted by molar-refractivity contribution is 7.92. The maximum absolute atomic E-state index is 12.6. The zero-order valence-electron chi connectivity index (χ0n) is 19.2. The first-order valence-corrected chi connectivity index (χ1v) is 12.1. The fourth-order valence-corrected chi connectivity index (χ4v) is 4.27. The van der Waals surface area contributed by atoms with Crippen molar-refractivity contribution in [3.05, 3.63) is 71.2 Å². The third-order valence-electron chi connectivity index (χ3n) is 4.79. The van der Waals surface area contributed by atoms with E-state index < -0.39 is 10.0 Å². The van der Waals surface area contributed by atoms with Crippen molar-refractivity contribution in [3.63, 3.8) is 0 Å². The molecule has 0 radical (unpaired) electrons. The number of carbonyl (C=O) groups is 1. The number of nitrogens with one attached hydrogen (secondary N) is 2. The minimum absolute atomic E-state index is 0.0660. The summed E-state index contributed by atoms with van der Waals surface area (Å²) in [5, 5.41) is 2.77. The molecule has 0 aliphatic carbocycles. The second-order valence-corrected chi connectivity index (χ2v) is 9.52. The SMILES string of the molecule is Cc1ccc(OCCCC(=O)Nc2ccc(S(=O)(=O)Nc3cc(C)nc(C)n3)cc2)c(C)c1. The maximum Gasteiger partial charge on any atom is 0.263 e. The standard InChI is InChI=1S/C24H28N4O4S/c1-16-7-12-22(17(2)14-16)32-13-5-6-24(29)27-20-8-10-21(11-9-20)33(30,31)28-23-15-18(3)25-19(4)26-23/h7-12,14-15H,5-6,13H2,1-4H3,(H,27,29)(H,25,26,28). The molecule has 1 amide bonds. The lowest BCUT2D eigenvalue weighted by Crippen LogP contribution is -2.15. The minimum atomic E-state index is -3.81. The molecular formula is C24H28N4O4S. The van der Waals surface area contributed by atoms with E-state index in [1.165, 1.54) is 17.7 Å². The number of nitrogens with zero attached hydrogens (tertiary/aromatic N) is 2. The molecule has 174 valence electrons. The molecule has 8 nitrogen and oxygen atoms in total. The number of anilines is 2. The molecule has 0 atom stereocenters. The molecule has 0 aliphatic rings. The van der Waals surface area contributed by atoms with Crippen LogP contribution < -0.4 is 14.8 Å². The van der Waals surface area contributed by atoms with Crippen LogP contribution >= 0.6 is 0 Å². The van der Waals surface area contributed by atoms with Gasteiger partial charge in [0.05, 0.1) is 11.5 Å². The summed E-state index contributed by atoms with van der Waals surface area (Å²) in [4.78, 5) is 20.5. The number of hydrogen-bond acceptors (Lipinski definition) is 6. The number of aromatic nitrogens is 2. The van der Waals surface area contributed by atoms with Gasteiger partial charge in [0.2, 0.25) is 5.91 Å². The molecule has 3 rings (SSSR count). The van der Waals surface area contributed by atoms with E-state index in [4.69, 9.17) is 4.74 Å². The number of amides is 1. The Morgan fingerprint density at radius 2 is 1.70 bits per heavy atom. The van der Waals surface area contributed by atoms with Crippen LogP contribution in [0.3, 0.4) is 0 Å². The van der Waals surface area contributed by atoms with E-state index in [2.05, 4.69) is 26.1 Å². The van der Waals surface area contributed by atoms with Crippen LogP contribution in [0.25, 0.3) is 0 Å². The van der Waals surface area contributed by atoms with Gasteiger partial charge in [0.1, 0.15) is 17.4 Å².